The minimum atomic E-state index is -1.70. The first-order valence-electron chi connectivity index (χ1n) is 9.96. The molecule has 0 aromatic heterocycles. The van der Waals surface area contributed by atoms with Gasteiger partial charge in [0.05, 0.1) is 4.92 Å². The van der Waals surface area contributed by atoms with Crippen LogP contribution in [-0.4, -0.2) is 34.6 Å². The maximum atomic E-state index is 13.1. The summed E-state index contributed by atoms with van der Waals surface area (Å²) in [5.74, 6) is -4.14. The number of fused-ring (bicyclic) bond motifs is 3. The van der Waals surface area contributed by atoms with E-state index >= 15 is 0 Å². The molecule has 0 fully saturated rings. The van der Waals surface area contributed by atoms with E-state index in [1.165, 1.54) is 24.3 Å². The molecule has 8 nitrogen and oxygen atoms in total. The zero-order valence-electron chi connectivity index (χ0n) is 16.9. The van der Waals surface area contributed by atoms with E-state index in [9.17, 15) is 24.8 Å². The number of para-hydroxylation sites is 1. The highest BCUT2D eigenvalue weighted by Gasteiger charge is 2.39. The highest BCUT2D eigenvalue weighted by molar-refractivity contribution is 5.89. The lowest BCUT2D eigenvalue weighted by Gasteiger charge is -2.21. The summed E-state index contributed by atoms with van der Waals surface area (Å²) in [7, 11) is 0. The van der Waals surface area contributed by atoms with E-state index in [1.54, 1.807) is 0 Å². The molecule has 2 unspecified atom stereocenters. The summed E-state index contributed by atoms with van der Waals surface area (Å²) in [4.78, 5) is 35.4. The zero-order valence-corrected chi connectivity index (χ0v) is 16.9. The fourth-order valence-electron chi connectivity index (χ4n) is 4.22. The number of ether oxygens (including phenoxy) is 1. The van der Waals surface area contributed by atoms with Gasteiger partial charge in [0.15, 0.2) is 0 Å². The average molecular weight is 432 g/mol. The van der Waals surface area contributed by atoms with Gasteiger partial charge in [-0.15, -0.1) is 0 Å². The fraction of sp³-hybridized carbons (Fsp3) is 0.167. The Morgan fingerprint density at radius 1 is 0.969 bits per heavy atom. The molecule has 0 aliphatic heterocycles. The van der Waals surface area contributed by atoms with E-state index in [0.29, 0.717) is 0 Å². The largest absolute Gasteiger partial charge is 0.480 e. The summed E-state index contributed by atoms with van der Waals surface area (Å²) in [6, 6.07) is 19.3. The molecule has 0 amide bonds. The topological polar surface area (TPSA) is 133 Å². The molecule has 0 saturated heterocycles. The van der Waals surface area contributed by atoms with Crippen molar-refractivity contribution in [1.82, 2.24) is 0 Å². The van der Waals surface area contributed by atoms with Gasteiger partial charge in [-0.2, -0.15) is 0 Å². The molecule has 1 aliphatic carbocycles. The van der Waals surface area contributed by atoms with Gasteiger partial charge in [0.1, 0.15) is 18.6 Å². The maximum absolute atomic E-state index is 13.1. The van der Waals surface area contributed by atoms with Crippen LogP contribution in [0.25, 0.3) is 11.1 Å². The maximum Gasteiger partial charge on any atom is 0.321 e. The van der Waals surface area contributed by atoms with Crippen LogP contribution in [0.4, 0.5) is 5.69 Å². The number of carbonyl (C=O) groups is 2. The summed E-state index contributed by atoms with van der Waals surface area (Å²) in [5.41, 5.74) is 9.37. The van der Waals surface area contributed by atoms with E-state index in [2.05, 4.69) is 0 Å². The fourth-order valence-corrected chi connectivity index (χ4v) is 4.22. The first kappa shape index (κ1) is 21.2. The van der Waals surface area contributed by atoms with Gasteiger partial charge in [0, 0.05) is 17.5 Å². The van der Waals surface area contributed by atoms with Gasteiger partial charge in [-0.1, -0.05) is 66.7 Å². The lowest BCUT2D eigenvalue weighted by atomic mass is 9.90. The van der Waals surface area contributed by atoms with Gasteiger partial charge in [0.2, 0.25) is 0 Å². The molecule has 32 heavy (non-hydrogen) atoms. The molecule has 8 heteroatoms. The number of nitro benzene ring substituents is 1. The second-order valence-electron chi connectivity index (χ2n) is 7.51. The number of esters is 1. The van der Waals surface area contributed by atoms with Crippen LogP contribution in [0.3, 0.4) is 0 Å². The van der Waals surface area contributed by atoms with Crippen LogP contribution in [0.1, 0.15) is 28.5 Å². The van der Waals surface area contributed by atoms with Gasteiger partial charge in [-0.05, 0) is 22.3 Å². The van der Waals surface area contributed by atoms with E-state index in [1.807, 2.05) is 48.5 Å². The molecular weight excluding hydrogens is 412 g/mol. The number of benzene rings is 3. The van der Waals surface area contributed by atoms with Gasteiger partial charge < -0.3 is 15.6 Å². The smallest absolute Gasteiger partial charge is 0.321 e. The van der Waals surface area contributed by atoms with Crippen LogP contribution in [0.15, 0.2) is 72.8 Å². The van der Waals surface area contributed by atoms with Crippen LogP contribution in [0.5, 0.6) is 0 Å². The number of carboxylic acids is 1. The summed E-state index contributed by atoms with van der Waals surface area (Å²) in [5, 5.41) is 20.9. The van der Waals surface area contributed by atoms with Crippen LogP contribution in [-0.2, 0) is 14.3 Å². The van der Waals surface area contributed by atoms with E-state index < -0.39 is 28.8 Å². The average Bonchev–Trinajstić information content (AvgIpc) is 3.11. The van der Waals surface area contributed by atoms with Crippen LogP contribution in [0, 0.1) is 10.1 Å². The van der Waals surface area contributed by atoms with Gasteiger partial charge >= 0.3 is 11.9 Å². The molecular formula is C24H20N2O6. The molecule has 1 aliphatic rings. The summed E-state index contributed by atoms with van der Waals surface area (Å²) in [6.45, 7) is -0.0453. The second kappa shape index (κ2) is 8.60. The van der Waals surface area contributed by atoms with E-state index in [0.717, 1.165) is 22.3 Å². The summed E-state index contributed by atoms with van der Waals surface area (Å²) in [6.07, 6.45) is 0. The Morgan fingerprint density at radius 3 is 2.06 bits per heavy atom. The second-order valence-corrected chi connectivity index (χ2v) is 7.51. The molecule has 162 valence electrons. The minimum absolute atomic E-state index is 0.0453. The Hall–Kier alpha value is -4.04. The molecule has 4 rings (SSSR count). The van der Waals surface area contributed by atoms with Crippen LogP contribution < -0.4 is 5.73 Å². The monoisotopic (exact) mass is 432 g/mol. The van der Waals surface area contributed by atoms with E-state index in [4.69, 9.17) is 10.5 Å². The van der Waals surface area contributed by atoms with E-state index in [-0.39, 0.29) is 23.8 Å². The van der Waals surface area contributed by atoms with Crippen molar-refractivity contribution >= 4 is 17.6 Å². The first-order valence-corrected chi connectivity index (χ1v) is 9.96. The molecule has 0 bridgehead atoms. The number of hydrogen-bond acceptors (Lipinski definition) is 6. The normalized spacial score (nSPS) is 14.2. The number of carbonyl (C=O) groups excluding carboxylic acids is 1. The highest BCUT2D eigenvalue weighted by atomic mass is 16.6. The Labute approximate surface area is 183 Å². The van der Waals surface area contributed by atoms with Crippen molar-refractivity contribution in [2.75, 3.05) is 6.61 Å². The van der Waals surface area contributed by atoms with Crippen LogP contribution >= 0.6 is 0 Å². The minimum Gasteiger partial charge on any atom is -0.480 e. The van der Waals surface area contributed by atoms with Crippen molar-refractivity contribution in [1.29, 1.82) is 0 Å². The molecule has 0 radical (unpaired) electrons. The Kier molecular flexibility index (Phi) is 5.70. The predicted molar refractivity (Wildman–Crippen MR) is 116 cm³/mol. The van der Waals surface area contributed by atoms with Gasteiger partial charge in [-0.25, -0.2) is 0 Å². The van der Waals surface area contributed by atoms with Crippen molar-refractivity contribution in [3.63, 3.8) is 0 Å². The number of nitrogens with two attached hydrogens (primary N) is 1. The lowest BCUT2D eigenvalue weighted by molar-refractivity contribution is -0.385. The van der Waals surface area contributed by atoms with Crippen molar-refractivity contribution < 1.29 is 24.4 Å². The van der Waals surface area contributed by atoms with Crippen molar-refractivity contribution in [2.45, 2.75) is 17.9 Å². The number of aliphatic carboxylic acids is 1. The molecule has 3 N–H and O–H groups in total. The SMILES string of the molecule is NC(C(=O)O)C(C(=O)OCC1c2ccccc2-c2ccccc21)c1ccccc1[N+](=O)[O-]. The third-order valence-corrected chi connectivity index (χ3v) is 5.72. The highest BCUT2D eigenvalue weighted by Crippen LogP contribution is 2.44. The van der Waals surface area contributed by atoms with Gasteiger partial charge in [0.25, 0.3) is 5.69 Å². The van der Waals surface area contributed by atoms with Crippen molar-refractivity contribution in [2.24, 2.45) is 5.73 Å². The Bertz CT molecular complexity index is 1160. The van der Waals surface area contributed by atoms with Crippen molar-refractivity contribution in [3.8, 4) is 11.1 Å². The number of carboxylic acid groups (broad SMARTS) is 1. The van der Waals surface area contributed by atoms with Gasteiger partial charge in [-0.3, -0.25) is 19.7 Å². The van der Waals surface area contributed by atoms with Crippen molar-refractivity contribution in [3.05, 3.63) is 99.6 Å². The molecule has 0 spiro atoms. The molecule has 2 atom stereocenters. The molecule has 3 aromatic carbocycles. The third kappa shape index (κ3) is 3.72. The summed E-state index contributed by atoms with van der Waals surface area (Å²) < 4.78 is 5.56. The third-order valence-electron chi connectivity index (χ3n) is 5.72. The number of hydrogen-bond donors (Lipinski definition) is 2. The molecule has 0 heterocycles. The predicted octanol–water partition coefficient (Wildman–Crippen LogP) is 3.45. The molecule has 3 aromatic rings. The summed E-state index contributed by atoms with van der Waals surface area (Å²) >= 11 is 0. The number of rotatable bonds is 7. The Balaban J connectivity index is 1.65. The quantitative estimate of drug-likeness (QED) is 0.332. The number of nitrogens with zero attached hydrogens (tertiary/aromatic N) is 1. The lowest BCUT2D eigenvalue weighted by Crippen LogP contribution is -2.41. The standard InChI is InChI=1S/C24H20N2O6/c25-22(23(27)28)21(18-11-5-6-12-20(18)26(30)31)24(29)32-13-19-16-9-3-1-7-14(16)15-8-2-4-10-17(15)19/h1-12,19,21-22H,13,25H2,(H,27,28). The Morgan fingerprint density at radius 2 is 1.50 bits per heavy atom. The molecule has 0 saturated carbocycles. The zero-order chi connectivity index (χ0) is 22.8. The number of nitro groups is 1. The first-order chi connectivity index (χ1) is 15.4. The van der Waals surface area contributed by atoms with Crippen LogP contribution in [0.2, 0.25) is 0 Å².